The molecular formula is C13H16O3. The van der Waals surface area contributed by atoms with Crippen molar-refractivity contribution in [1.29, 1.82) is 0 Å². The lowest BCUT2D eigenvalue weighted by molar-refractivity contribution is -0.176. The standard InChI is InChI=1S/C13H16O3/c1-2-10-3-5-11(6-4-10)13(7-8-16-13)9-12(14)15/h3-6H,2,7-9H2,1H3,(H,14,15). The van der Waals surface area contributed by atoms with Crippen LogP contribution in [0.5, 0.6) is 0 Å². The third-order valence-corrected chi connectivity index (χ3v) is 3.21. The minimum atomic E-state index is -0.806. The lowest BCUT2D eigenvalue weighted by atomic mass is 9.83. The Morgan fingerprint density at radius 3 is 2.44 bits per heavy atom. The maximum atomic E-state index is 10.8. The van der Waals surface area contributed by atoms with Crippen molar-refractivity contribution in [3.63, 3.8) is 0 Å². The van der Waals surface area contributed by atoms with E-state index in [0.29, 0.717) is 6.61 Å². The molecule has 0 bridgehead atoms. The molecule has 3 nitrogen and oxygen atoms in total. The van der Waals surface area contributed by atoms with E-state index >= 15 is 0 Å². The van der Waals surface area contributed by atoms with Crippen molar-refractivity contribution in [2.24, 2.45) is 0 Å². The van der Waals surface area contributed by atoms with E-state index in [4.69, 9.17) is 9.84 Å². The number of ether oxygens (including phenoxy) is 1. The monoisotopic (exact) mass is 220 g/mol. The summed E-state index contributed by atoms with van der Waals surface area (Å²) in [6, 6.07) is 8.06. The molecule has 0 saturated carbocycles. The fraction of sp³-hybridized carbons (Fsp3) is 0.462. The summed E-state index contributed by atoms with van der Waals surface area (Å²) in [5.41, 5.74) is 1.67. The first-order valence-electron chi connectivity index (χ1n) is 5.61. The zero-order chi connectivity index (χ0) is 11.6. The van der Waals surface area contributed by atoms with Gasteiger partial charge in [-0.2, -0.15) is 0 Å². The summed E-state index contributed by atoms with van der Waals surface area (Å²) in [6.07, 6.45) is 1.84. The highest BCUT2D eigenvalue weighted by molar-refractivity contribution is 5.69. The molecule has 2 rings (SSSR count). The van der Waals surface area contributed by atoms with Crippen LogP contribution in [0.25, 0.3) is 0 Å². The Morgan fingerprint density at radius 2 is 2.06 bits per heavy atom. The molecule has 1 aromatic carbocycles. The normalized spacial score (nSPS) is 23.8. The molecule has 1 saturated heterocycles. The fourth-order valence-corrected chi connectivity index (χ4v) is 2.11. The molecule has 86 valence electrons. The molecule has 1 unspecified atom stereocenters. The lowest BCUT2D eigenvalue weighted by Crippen LogP contribution is -2.42. The Kier molecular flexibility index (Phi) is 2.97. The van der Waals surface area contributed by atoms with Crippen molar-refractivity contribution in [3.8, 4) is 0 Å². The van der Waals surface area contributed by atoms with E-state index in [1.807, 2.05) is 24.3 Å². The number of carbonyl (C=O) groups is 1. The zero-order valence-corrected chi connectivity index (χ0v) is 9.40. The van der Waals surface area contributed by atoms with Gasteiger partial charge in [-0.05, 0) is 17.5 Å². The van der Waals surface area contributed by atoms with Gasteiger partial charge >= 0.3 is 5.97 Å². The van der Waals surface area contributed by atoms with Crippen molar-refractivity contribution >= 4 is 5.97 Å². The van der Waals surface area contributed by atoms with Gasteiger partial charge in [0.15, 0.2) is 0 Å². The van der Waals surface area contributed by atoms with Gasteiger partial charge in [0.25, 0.3) is 0 Å². The number of hydrogen-bond donors (Lipinski definition) is 1. The summed E-state index contributed by atoms with van der Waals surface area (Å²) < 4.78 is 5.51. The molecule has 0 amide bonds. The fourth-order valence-electron chi connectivity index (χ4n) is 2.11. The first kappa shape index (κ1) is 11.1. The molecule has 16 heavy (non-hydrogen) atoms. The van der Waals surface area contributed by atoms with Gasteiger partial charge in [0, 0.05) is 6.42 Å². The van der Waals surface area contributed by atoms with Crippen molar-refractivity contribution in [3.05, 3.63) is 35.4 Å². The third kappa shape index (κ3) is 1.95. The molecule has 1 aliphatic rings. The predicted octanol–water partition coefficient (Wildman–Crippen LogP) is 2.34. The molecule has 0 radical (unpaired) electrons. The highest BCUT2D eigenvalue weighted by Crippen LogP contribution is 2.40. The number of rotatable bonds is 4. The van der Waals surface area contributed by atoms with E-state index in [-0.39, 0.29) is 6.42 Å². The van der Waals surface area contributed by atoms with E-state index in [0.717, 1.165) is 18.4 Å². The summed E-state index contributed by atoms with van der Waals surface area (Å²) >= 11 is 0. The van der Waals surface area contributed by atoms with Gasteiger partial charge in [0.2, 0.25) is 0 Å². The van der Waals surface area contributed by atoms with Crippen LogP contribution in [-0.2, 0) is 21.6 Å². The highest BCUT2D eigenvalue weighted by Gasteiger charge is 2.42. The van der Waals surface area contributed by atoms with E-state index in [2.05, 4.69) is 6.92 Å². The third-order valence-electron chi connectivity index (χ3n) is 3.21. The Labute approximate surface area is 95.0 Å². The van der Waals surface area contributed by atoms with E-state index < -0.39 is 11.6 Å². The zero-order valence-electron chi connectivity index (χ0n) is 9.40. The SMILES string of the molecule is CCc1ccc(C2(CC(=O)O)CCO2)cc1. The molecule has 1 fully saturated rings. The van der Waals surface area contributed by atoms with Gasteiger partial charge in [-0.25, -0.2) is 0 Å². The van der Waals surface area contributed by atoms with Crippen LogP contribution in [0.1, 0.15) is 30.9 Å². The summed E-state index contributed by atoms with van der Waals surface area (Å²) in [7, 11) is 0. The summed E-state index contributed by atoms with van der Waals surface area (Å²) in [4.78, 5) is 10.8. The Hall–Kier alpha value is -1.35. The lowest BCUT2D eigenvalue weighted by Gasteiger charge is -2.41. The maximum Gasteiger partial charge on any atom is 0.306 e. The Bertz CT molecular complexity index is 377. The van der Waals surface area contributed by atoms with Crippen molar-refractivity contribution in [1.82, 2.24) is 0 Å². The van der Waals surface area contributed by atoms with Crippen molar-refractivity contribution in [2.75, 3.05) is 6.61 Å². The molecular weight excluding hydrogens is 204 g/mol. The molecule has 0 aliphatic carbocycles. The first-order valence-corrected chi connectivity index (χ1v) is 5.61. The largest absolute Gasteiger partial charge is 0.481 e. The average molecular weight is 220 g/mol. The minimum Gasteiger partial charge on any atom is -0.481 e. The Balaban J connectivity index is 2.22. The average Bonchev–Trinajstić information content (AvgIpc) is 2.23. The number of carboxylic acid groups (broad SMARTS) is 1. The van der Waals surface area contributed by atoms with Gasteiger partial charge in [0.05, 0.1) is 13.0 Å². The smallest absolute Gasteiger partial charge is 0.306 e. The van der Waals surface area contributed by atoms with Crippen LogP contribution < -0.4 is 0 Å². The second-order valence-electron chi connectivity index (χ2n) is 4.21. The Morgan fingerprint density at radius 1 is 1.44 bits per heavy atom. The van der Waals surface area contributed by atoms with Gasteiger partial charge in [-0.15, -0.1) is 0 Å². The topological polar surface area (TPSA) is 46.5 Å². The number of aliphatic carboxylic acids is 1. The van der Waals surface area contributed by atoms with Crippen LogP contribution in [0.2, 0.25) is 0 Å². The van der Waals surface area contributed by atoms with Crippen LogP contribution in [0, 0.1) is 0 Å². The van der Waals surface area contributed by atoms with Crippen molar-refractivity contribution in [2.45, 2.75) is 31.8 Å². The molecule has 0 spiro atoms. The maximum absolute atomic E-state index is 10.8. The predicted molar refractivity (Wildman–Crippen MR) is 60.3 cm³/mol. The van der Waals surface area contributed by atoms with Crippen molar-refractivity contribution < 1.29 is 14.6 Å². The number of aryl methyl sites for hydroxylation is 1. The number of hydrogen-bond acceptors (Lipinski definition) is 2. The molecule has 1 N–H and O–H groups in total. The van der Waals surface area contributed by atoms with Crippen LogP contribution >= 0.6 is 0 Å². The van der Waals surface area contributed by atoms with Crippen LogP contribution in [0.4, 0.5) is 0 Å². The number of carboxylic acids is 1. The molecule has 1 aliphatic heterocycles. The van der Waals surface area contributed by atoms with E-state index in [1.165, 1.54) is 5.56 Å². The molecule has 1 heterocycles. The highest BCUT2D eigenvalue weighted by atomic mass is 16.5. The van der Waals surface area contributed by atoms with Gasteiger partial charge in [-0.1, -0.05) is 31.2 Å². The van der Waals surface area contributed by atoms with Crippen LogP contribution in [-0.4, -0.2) is 17.7 Å². The second-order valence-corrected chi connectivity index (χ2v) is 4.21. The summed E-state index contributed by atoms with van der Waals surface area (Å²) in [5.74, 6) is -0.806. The van der Waals surface area contributed by atoms with E-state index in [9.17, 15) is 4.79 Å². The quantitative estimate of drug-likeness (QED) is 0.847. The van der Waals surface area contributed by atoms with E-state index in [1.54, 1.807) is 0 Å². The molecule has 1 aromatic rings. The minimum absolute atomic E-state index is 0.0540. The van der Waals surface area contributed by atoms with Gasteiger partial charge in [-0.3, -0.25) is 4.79 Å². The van der Waals surface area contributed by atoms with Gasteiger partial charge in [0.1, 0.15) is 5.60 Å². The van der Waals surface area contributed by atoms with Crippen LogP contribution in [0.15, 0.2) is 24.3 Å². The second kappa shape index (κ2) is 4.26. The molecule has 0 aromatic heterocycles. The number of benzene rings is 1. The molecule has 3 heteroatoms. The summed E-state index contributed by atoms with van der Waals surface area (Å²) in [5, 5.41) is 8.90. The van der Waals surface area contributed by atoms with Gasteiger partial charge < -0.3 is 9.84 Å². The summed E-state index contributed by atoms with van der Waals surface area (Å²) in [6.45, 7) is 2.75. The molecule has 1 atom stereocenters. The first-order chi connectivity index (χ1) is 7.66. The van der Waals surface area contributed by atoms with Crippen LogP contribution in [0.3, 0.4) is 0 Å².